The van der Waals surface area contributed by atoms with E-state index in [4.69, 9.17) is 0 Å². The second-order valence-corrected chi connectivity index (χ2v) is 16.0. The zero-order chi connectivity index (χ0) is 4.28. The summed E-state index contributed by atoms with van der Waals surface area (Å²) < 4.78 is 0. The van der Waals surface area contributed by atoms with Gasteiger partial charge in [-0.1, -0.05) is 0 Å². The topological polar surface area (TPSA) is 0 Å². The van der Waals surface area contributed by atoms with Crippen LogP contribution in [0, 0.1) is 0 Å². The molecule has 0 fully saturated rings. The molecule has 0 N–H and O–H groups in total. The maximum atomic E-state index is 2.42. The Kier molecular flexibility index (Phi) is 3.85. The van der Waals surface area contributed by atoms with E-state index in [0.717, 1.165) is 0 Å². The standard InChI is InChI=1S/C3H10SiTe/c1-4(2)5-3/h4H,1-3H3. The summed E-state index contributed by atoms with van der Waals surface area (Å²) in [6.07, 6.45) is -0.0197. The molecule has 0 aromatic rings. The van der Waals surface area contributed by atoms with Crippen LogP contribution in [-0.4, -0.2) is 26.5 Å². The van der Waals surface area contributed by atoms with E-state index in [0.29, 0.717) is 20.1 Å². The fourth-order valence-corrected chi connectivity index (χ4v) is 0. The normalized spacial score (nSPS) is 9.60. The molecule has 0 amide bonds. The van der Waals surface area contributed by atoms with Gasteiger partial charge in [-0.05, 0) is 0 Å². The third kappa shape index (κ3) is 5.01. The van der Waals surface area contributed by atoms with Crippen molar-refractivity contribution in [1.29, 1.82) is 0 Å². The molecule has 0 nitrogen and oxygen atoms in total. The molecule has 0 aromatic heterocycles. The second kappa shape index (κ2) is 3.21. The first kappa shape index (κ1) is 6.01. The SMILES string of the molecule is C[Te][SiH](C)C. The minimum absolute atomic E-state index is 0.0197. The van der Waals surface area contributed by atoms with E-state index in [9.17, 15) is 0 Å². The van der Waals surface area contributed by atoms with Crippen LogP contribution in [0.2, 0.25) is 18.1 Å². The van der Waals surface area contributed by atoms with Crippen molar-refractivity contribution in [2.45, 2.75) is 18.1 Å². The van der Waals surface area contributed by atoms with Crippen LogP contribution in [0.25, 0.3) is 0 Å². The van der Waals surface area contributed by atoms with Gasteiger partial charge in [-0.2, -0.15) is 0 Å². The Morgan fingerprint density at radius 2 is 1.60 bits per heavy atom. The molecule has 0 aliphatic heterocycles. The molecule has 0 radical (unpaired) electrons. The molecule has 0 saturated carbocycles. The maximum absolute atomic E-state index is 2.42. The van der Waals surface area contributed by atoms with Crippen molar-refractivity contribution < 1.29 is 0 Å². The van der Waals surface area contributed by atoms with Gasteiger partial charge in [0.25, 0.3) is 0 Å². The first-order chi connectivity index (χ1) is 2.27. The van der Waals surface area contributed by atoms with E-state index in [1.807, 2.05) is 0 Å². The molecule has 0 rings (SSSR count). The number of hydrogen-bond donors (Lipinski definition) is 0. The summed E-state index contributed by atoms with van der Waals surface area (Å²) in [5.41, 5.74) is 0. The Bertz CT molecular complexity index is 20.9. The molecule has 0 atom stereocenters. The molecule has 0 bridgehead atoms. The Hall–Kier alpha value is 1.01. The molecule has 0 aliphatic rings. The van der Waals surface area contributed by atoms with Crippen LogP contribution in [0.15, 0.2) is 0 Å². The first-order valence-corrected chi connectivity index (χ1v) is 10.9. The first-order valence-electron chi connectivity index (χ1n) is 1.80. The molecule has 0 spiro atoms. The molecular formula is C3H10SiTe. The van der Waals surface area contributed by atoms with Crippen LogP contribution in [0.5, 0.6) is 0 Å². The Balaban J connectivity index is 2.54. The van der Waals surface area contributed by atoms with E-state index in [1.54, 1.807) is 0 Å². The van der Waals surface area contributed by atoms with Gasteiger partial charge in [0.15, 0.2) is 0 Å². The van der Waals surface area contributed by atoms with Crippen LogP contribution in [0.3, 0.4) is 0 Å². The van der Waals surface area contributed by atoms with Crippen molar-refractivity contribution >= 4 is 26.5 Å². The average molecular weight is 202 g/mol. The van der Waals surface area contributed by atoms with Gasteiger partial charge in [-0.3, -0.25) is 0 Å². The van der Waals surface area contributed by atoms with Crippen LogP contribution < -0.4 is 0 Å². The van der Waals surface area contributed by atoms with Gasteiger partial charge in [-0.25, -0.2) is 0 Å². The molecule has 0 aromatic carbocycles. The van der Waals surface area contributed by atoms with Gasteiger partial charge < -0.3 is 0 Å². The summed E-state index contributed by atoms with van der Waals surface area (Å²) in [5, 5.41) is 0. The number of hydrogen-bond acceptors (Lipinski definition) is 0. The molecule has 0 saturated heterocycles. The van der Waals surface area contributed by atoms with Crippen LogP contribution in [0.4, 0.5) is 0 Å². The molecule has 0 aliphatic carbocycles. The Morgan fingerprint density at radius 3 is 1.60 bits per heavy atom. The summed E-state index contributed by atoms with van der Waals surface area (Å²) in [7, 11) is 0. The van der Waals surface area contributed by atoms with Crippen LogP contribution in [0.1, 0.15) is 0 Å². The molecular weight excluding hydrogens is 192 g/mol. The van der Waals surface area contributed by atoms with Gasteiger partial charge in [0.1, 0.15) is 0 Å². The second-order valence-electron chi connectivity index (χ2n) is 1.28. The summed E-state index contributed by atoms with van der Waals surface area (Å²) >= 11 is 0.549. The number of rotatable bonds is 1. The fraction of sp³-hybridized carbons (Fsp3) is 1.00. The van der Waals surface area contributed by atoms with Crippen LogP contribution in [-0.2, 0) is 0 Å². The quantitative estimate of drug-likeness (QED) is 0.549. The zero-order valence-electron chi connectivity index (χ0n) is 3.99. The predicted octanol–water partition coefficient (Wildman–Crippen LogP) is 0.722. The van der Waals surface area contributed by atoms with Crippen molar-refractivity contribution in [2.75, 3.05) is 0 Å². The van der Waals surface area contributed by atoms with Crippen molar-refractivity contribution in [3.63, 3.8) is 0 Å². The van der Waals surface area contributed by atoms with Crippen molar-refractivity contribution in [2.24, 2.45) is 0 Å². The van der Waals surface area contributed by atoms with E-state index >= 15 is 0 Å². The van der Waals surface area contributed by atoms with Gasteiger partial charge >= 0.3 is 44.5 Å². The summed E-state index contributed by atoms with van der Waals surface area (Å²) in [6.45, 7) is 4.84. The summed E-state index contributed by atoms with van der Waals surface area (Å²) in [4.78, 5) is 2.39. The molecule has 32 valence electrons. The average Bonchev–Trinajstić information content (AvgIpc) is 1.38. The Labute approximate surface area is 44.7 Å². The summed E-state index contributed by atoms with van der Waals surface area (Å²) in [6, 6.07) is 0. The fourth-order valence-electron chi connectivity index (χ4n) is 0. The molecule has 0 heterocycles. The van der Waals surface area contributed by atoms with E-state index in [1.165, 1.54) is 0 Å². The van der Waals surface area contributed by atoms with Crippen LogP contribution >= 0.6 is 0 Å². The Morgan fingerprint density at radius 1 is 1.40 bits per heavy atom. The van der Waals surface area contributed by atoms with Crippen molar-refractivity contribution in [3.8, 4) is 0 Å². The third-order valence-corrected chi connectivity index (χ3v) is 9.49. The van der Waals surface area contributed by atoms with Crippen molar-refractivity contribution in [3.05, 3.63) is 0 Å². The van der Waals surface area contributed by atoms with Gasteiger partial charge in [-0.15, -0.1) is 0 Å². The summed E-state index contributed by atoms with van der Waals surface area (Å²) in [5.74, 6) is 0. The minimum atomic E-state index is -0.0197. The van der Waals surface area contributed by atoms with Gasteiger partial charge in [0.2, 0.25) is 0 Å². The van der Waals surface area contributed by atoms with E-state index in [2.05, 4.69) is 18.1 Å². The van der Waals surface area contributed by atoms with E-state index < -0.39 is 0 Å². The molecule has 0 unspecified atom stereocenters. The predicted molar refractivity (Wildman–Crippen MR) is 30.5 cm³/mol. The molecule has 5 heavy (non-hydrogen) atoms. The molecule has 2 heteroatoms. The zero-order valence-corrected chi connectivity index (χ0v) is 7.47. The van der Waals surface area contributed by atoms with Gasteiger partial charge in [0.05, 0.1) is 0 Å². The monoisotopic (exact) mass is 204 g/mol. The van der Waals surface area contributed by atoms with E-state index in [-0.39, 0.29) is 6.34 Å². The third-order valence-electron chi connectivity index (χ3n) is 0.471. The van der Waals surface area contributed by atoms with Crippen molar-refractivity contribution in [1.82, 2.24) is 0 Å². The van der Waals surface area contributed by atoms with Gasteiger partial charge in [0, 0.05) is 0 Å².